The van der Waals surface area contributed by atoms with Gasteiger partial charge in [0.1, 0.15) is 6.04 Å². The molecule has 2 unspecified atom stereocenters. The van der Waals surface area contributed by atoms with E-state index in [0.717, 1.165) is 70.9 Å². The third-order valence-corrected chi connectivity index (χ3v) is 13.5. The summed E-state index contributed by atoms with van der Waals surface area (Å²) >= 11 is 0. The Hall–Kier alpha value is -5.77. The van der Waals surface area contributed by atoms with Crippen LogP contribution < -0.4 is 16.0 Å². The van der Waals surface area contributed by atoms with E-state index in [2.05, 4.69) is 28.1 Å². The summed E-state index contributed by atoms with van der Waals surface area (Å²) in [6.45, 7) is 0.605. The smallest absolute Gasteiger partial charge is 0.335 e. The number of anilines is 1. The number of carbonyl (C=O) groups excluding carboxylic acids is 3. The van der Waals surface area contributed by atoms with Gasteiger partial charge in [0.15, 0.2) is 0 Å². The fraction of sp³-hybridized carbons (Fsp3) is 0.370. The lowest BCUT2D eigenvalue weighted by molar-refractivity contribution is -0.139. The zero-order valence-electron chi connectivity index (χ0n) is 30.9. The van der Waals surface area contributed by atoms with Crippen LogP contribution in [0.15, 0.2) is 97.1 Å². The number of hydrogen-bond acceptors (Lipinski definition) is 5. The van der Waals surface area contributed by atoms with Crippen molar-refractivity contribution in [1.82, 2.24) is 10.6 Å². The van der Waals surface area contributed by atoms with Crippen molar-refractivity contribution in [2.24, 2.45) is 35.0 Å². The Morgan fingerprint density at radius 1 is 0.625 bits per heavy atom. The number of amides is 3. The maximum atomic E-state index is 15.1. The summed E-state index contributed by atoms with van der Waals surface area (Å²) in [6.07, 6.45) is 7.44. The van der Waals surface area contributed by atoms with Gasteiger partial charge in [-0.15, -0.1) is 0 Å². The molecule has 10 nitrogen and oxygen atoms in total. The lowest BCUT2D eigenvalue weighted by atomic mass is 9.49. The first kappa shape index (κ1) is 35.9. The molecule has 6 bridgehead atoms. The normalized spacial score (nSPS) is 28.0. The number of carboxylic acids is 2. The summed E-state index contributed by atoms with van der Waals surface area (Å²) in [5.41, 5.74) is 4.31. The van der Waals surface area contributed by atoms with Gasteiger partial charge < -0.3 is 26.2 Å². The molecular formula is C46H45N3O7. The van der Waals surface area contributed by atoms with E-state index in [1.807, 2.05) is 66.7 Å². The summed E-state index contributed by atoms with van der Waals surface area (Å²) in [4.78, 5) is 67.8. The second-order valence-corrected chi connectivity index (χ2v) is 17.0. The fourth-order valence-corrected chi connectivity index (χ4v) is 11.7. The quantitative estimate of drug-likeness (QED) is 0.115. The second-order valence-electron chi connectivity index (χ2n) is 17.0. The zero-order valence-corrected chi connectivity index (χ0v) is 30.9. The molecule has 4 fully saturated rings. The van der Waals surface area contributed by atoms with Crippen LogP contribution in [0, 0.1) is 35.0 Å². The monoisotopic (exact) mass is 751 g/mol. The van der Waals surface area contributed by atoms with Crippen molar-refractivity contribution in [2.45, 2.75) is 62.8 Å². The van der Waals surface area contributed by atoms with Crippen molar-refractivity contribution in [3.05, 3.63) is 136 Å². The molecule has 286 valence electrons. The van der Waals surface area contributed by atoms with Crippen molar-refractivity contribution in [2.75, 3.05) is 11.9 Å². The van der Waals surface area contributed by atoms with Crippen LogP contribution in [-0.2, 0) is 20.8 Å². The Kier molecular flexibility index (Phi) is 9.02. The number of aromatic carboxylic acids is 2. The minimum Gasteiger partial charge on any atom is -0.478 e. The topological polar surface area (TPSA) is 162 Å². The molecule has 0 saturated heterocycles. The third-order valence-electron chi connectivity index (χ3n) is 13.5. The molecule has 4 aromatic carbocycles. The molecule has 0 radical (unpaired) electrons. The maximum absolute atomic E-state index is 15.1. The lowest BCUT2D eigenvalue weighted by Gasteiger charge is -2.57. The molecule has 4 aromatic rings. The lowest BCUT2D eigenvalue weighted by Crippen LogP contribution is -2.57. The molecule has 10 heteroatoms. The largest absolute Gasteiger partial charge is 0.478 e. The van der Waals surface area contributed by atoms with Gasteiger partial charge in [-0.3, -0.25) is 14.4 Å². The standard InChI is InChI=1S/C46H45N3O7/c50-41(48-31-19-29(44(53)54)18-30(20-31)45(55)56)36(17-25-8-2-1-3-9-25)49-43(52)40-38-34-12-6-4-10-32(34)37(33-11-5-7-13-35(33)38)39(40)42(51)47-24-46-21-26-14-27(22-46)16-28(15-26)23-46/h1-13,18-20,26-28,36-40H,14-17,21-24H2,(H,47,51)(H,48,50)(H,49,52)(H,53,54)(H,55,56)/t26?,27?,28?,36-,37?,38?,39?,40?,46?/m0/s1. The van der Waals surface area contributed by atoms with Gasteiger partial charge in [0.2, 0.25) is 17.7 Å². The molecular weight excluding hydrogens is 707 g/mol. The molecule has 56 heavy (non-hydrogen) atoms. The predicted octanol–water partition coefficient (Wildman–Crippen LogP) is 6.61. The van der Waals surface area contributed by atoms with Crippen LogP contribution in [0.2, 0.25) is 0 Å². The third kappa shape index (κ3) is 6.44. The van der Waals surface area contributed by atoms with Gasteiger partial charge in [-0.2, -0.15) is 0 Å². The number of fused-ring (bicyclic) bond motifs is 1. The minimum atomic E-state index is -1.35. The highest BCUT2D eigenvalue weighted by atomic mass is 16.4. The van der Waals surface area contributed by atoms with E-state index in [4.69, 9.17) is 0 Å². The average molecular weight is 752 g/mol. The van der Waals surface area contributed by atoms with Gasteiger partial charge in [-0.25, -0.2) is 9.59 Å². The summed E-state index contributed by atoms with van der Waals surface area (Å²) < 4.78 is 0. The average Bonchev–Trinajstić information content (AvgIpc) is 3.19. The first-order valence-electron chi connectivity index (χ1n) is 19.8. The van der Waals surface area contributed by atoms with Crippen LogP contribution in [0.5, 0.6) is 0 Å². The number of rotatable bonds is 11. The van der Waals surface area contributed by atoms with Crippen LogP contribution in [0.1, 0.15) is 98.9 Å². The van der Waals surface area contributed by atoms with E-state index in [1.165, 1.54) is 31.4 Å². The van der Waals surface area contributed by atoms with E-state index in [0.29, 0.717) is 6.54 Å². The van der Waals surface area contributed by atoms with Crippen LogP contribution in [0.3, 0.4) is 0 Å². The molecule has 3 amide bonds. The van der Waals surface area contributed by atoms with Crippen molar-refractivity contribution in [1.29, 1.82) is 0 Å². The van der Waals surface area contributed by atoms with Gasteiger partial charge in [-0.05, 0) is 108 Å². The highest BCUT2D eigenvalue weighted by molar-refractivity contribution is 6.02. The van der Waals surface area contributed by atoms with Crippen molar-refractivity contribution in [3.8, 4) is 0 Å². The number of nitrogens with one attached hydrogen (secondary N) is 3. The van der Waals surface area contributed by atoms with Gasteiger partial charge in [0.25, 0.3) is 0 Å². The van der Waals surface area contributed by atoms with Crippen LogP contribution in [-0.4, -0.2) is 52.5 Å². The number of carbonyl (C=O) groups is 5. The van der Waals surface area contributed by atoms with Crippen LogP contribution in [0.4, 0.5) is 5.69 Å². The Balaban J connectivity index is 1.06. The Labute approximate surface area is 325 Å². The molecule has 7 aliphatic rings. The molecule has 7 aliphatic carbocycles. The van der Waals surface area contributed by atoms with Gasteiger partial charge >= 0.3 is 11.9 Å². The Morgan fingerprint density at radius 3 is 1.57 bits per heavy atom. The highest BCUT2D eigenvalue weighted by Gasteiger charge is 2.56. The number of benzene rings is 4. The number of carboxylic acid groups (broad SMARTS) is 2. The Bertz CT molecular complexity index is 2140. The summed E-state index contributed by atoms with van der Waals surface area (Å²) in [5, 5.41) is 28.5. The molecule has 5 N–H and O–H groups in total. The van der Waals surface area contributed by atoms with E-state index in [1.54, 1.807) is 0 Å². The van der Waals surface area contributed by atoms with E-state index in [9.17, 15) is 29.4 Å². The van der Waals surface area contributed by atoms with Crippen molar-refractivity contribution >= 4 is 35.3 Å². The molecule has 0 aliphatic heterocycles. The van der Waals surface area contributed by atoms with Gasteiger partial charge in [0, 0.05) is 30.5 Å². The van der Waals surface area contributed by atoms with E-state index < -0.39 is 47.5 Å². The highest BCUT2D eigenvalue weighted by Crippen LogP contribution is 2.61. The molecule has 0 spiro atoms. The summed E-state index contributed by atoms with van der Waals surface area (Å²) in [5.74, 6) is -4.09. The molecule has 4 saturated carbocycles. The number of hydrogen-bond donors (Lipinski definition) is 5. The summed E-state index contributed by atoms with van der Waals surface area (Å²) in [7, 11) is 0. The molecule has 3 atom stereocenters. The summed E-state index contributed by atoms with van der Waals surface area (Å²) in [6, 6.07) is 27.5. The Morgan fingerprint density at radius 2 is 1.09 bits per heavy atom. The predicted molar refractivity (Wildman–Crippen MR) is 208 cm³/mol. The van der Waals surface area contributed by atoms with Crippen molar-refractivity contribution in [3.63, 3.8) is 0 Å². The first-order chi connectivity index (χ1) is 27.1. The van der Waals surface area contributed by atoms with Gasteiger partial charge in [-0.1, -0.05) is 78.9 Å². The van der Waals surface area contributed by atoms with Gasteiger partial charge in [0.05, 0.1) is 23.0 Å². The first-order valence-corrected chi connectivity index (χ1v) is 19.8. The van der Waals surface area contributed by atoms with E-state index in [-0.39, 0.29) is 40.5 Å². The fourth-order valence-electron chi connectivity index (χ4n) is 11.7. The zero-order chi connectivity index (χ0) is 38.7. The minimum absolute atomic E-state index is 0.0267. The van der Waals surface area contributed by atoms with E-state index >= 15 is 4.79 Å². The van der Waals surface area contributed by atoms with Crippen LogP contribution >= 0.6 is 0 Å². The van der Waals surface area contributed by atoms with Crippen molar-refractivity contribution < 1.29 is 34.2 Å². The second kappa shape index (κ2) is 14.1. The SMILES string of the molecule is O=C(O)c1cc(NC(=O)[C@H](Cc2ccccc2)NC(=O)C2C3c4ccccc4C(c4ccccc43)C2C(=O)NCC23CC4CC(CC(C4)C2)C3)cc(C(=O)O)c1. The molecule has 0 heterocycles. The molecule has 11 rings (SSSR count). The maximum Gasteiger partial charge on any atom is 0.335 e. The van der Waals surface area contributed by atoms with Crippen LogP contribution in [0.25, 0.3) is 0 Å². The molecule has 0 aromatic heterocycles.